The SMILES string of the molecule is CC[C@H](C)[C@H](NC(=O)OCC1c2ccccc2-c2ccccc21)C(=O)N1CCOCC1C(=O)O. The number of carbonyl (C=O) groups is 3. The van der Waals surface area contributed by atoms with Crippen LogP contribution in [0.2, 0.25) is 0 Å². The molecule has 2 aliphatic rings. The van der Waals surface area contributed by atoms with Crippen LogP contribution >= 0.6 is 0 Å². The third-order valence-corrected chi connectivity index (χ3v) is 6.79. The number of alkyl carbamates (subject to hydrolysis) is 1. The number of aliphatic carboxylic acids is 1. The Hall–Kier alpha value is -3.39. The summed E-state index contributed by atoms with van der Waals surface area (Å²) in [6.45, 7) is 4.25. The van der Waals surface area contributed by atoms with Crippen molar-refractivity contribution in [2.24, 2.45) is 5.92 Å². The van der Waals surface area contributed by atoms with Crippen molar-refractivity contribution in [2.75, 3.05) is 26.4 Å². The number of benzene rings is 2. The number of fused-ring (bicyclic) bond motifs is 3. The van der Waals surface area contributed by atoms with Crippen LogP contribution in [0.3, 0.4) is 0 Å². The predicted octanol–water partition coefficient (Wildman–Crippen LogP) is 3.25. The maximum Gasteiger partial charge on any atom is 0.407 e. The van der Waals surface area contributed by atoms with Gasteiger partial charge in [0.05, 0.1) is 13.2 Å². The van der Waals surface area contributed by atoms with E-state index in [9.17, 15) is 19.5 Å². The topological polar surface area (TPSA) is 105 Å². The van der Waals surface area contributed by atoms with Crippen LogP contribution in [0.4, 0.5) is 4.79 Å². The molecule has 0 aromatic heterocycles. The summed E-state index contributed by atoms with van der Waals surface area (Å²) >= 11 is 0. The Morgan fingerprint density at radius 2 is 1.74 bits per heavy atom. The molecule has 2 amide bonds. The van der Waals surface area contributed by atoms with Crippen molar-refractivity contribution < 1.29 is 29.0 Å². The highest BCUT2D eigenvalue weighted by Crippen LogP contribution is 2.44. The highest BCUT2D eigenvalue weighted by molar-refractivity contribution is 5.90. The Bertz CT molecular complexity index is 1030. The van der Waals surface area contributed by atoms with Crippen LogP contribution in [0.15, 0.2) is 48.5 Å². The molecule has 2 aromatic carbocycles. The van der Waals surface area contributed by atoms with Crippen LogP contribution in [0, 0.1) is 5.92 Å². The van der Waals surface area contributed by atoms with E-state index in [0.717, 1.165) is 22.3 Å². The highest BCUT2D eigenvalue weighted by Gasteiger charge is 2.38. The molecule has 4 rings (SSSR count). The number of carbonyl (C=O) groups excluding carboxylic acids is 2. The molecule has 0 bridgehead atoms. The second-order valence-electron chi connectivity index (χ2n) is 8.79. The van der Waals surface area contributed by atoms with Gasteiger partial charge in [-0.05, 0) is 28.2 Å². The van der Waals surface area contributed by atoms with Crippen LogP contribution in [-0.2, 0) is 19.1 Å². The van der Waals surface area contributed by atoms with E-state index >= 15 is 0 Å². The first kappa shape index (κ1) is 23.8. The van der Waals surface area contributed by atoms with Crippen LogP contribution in [-0.4, -0.2) is 66.4 Å². The molecule has 1 aliphatic heterocycles. The monoisotopic (exact) mass is 466 g/mol. The number of carboxylic acid groups (broad SMARTS) is 1. The zero-order valence-corrected chi connectivity index (χ0v) is 19.4. The number of nitrogens with zero attached hydrogens (tertiary/aromatic N) is 1. The molecule has 1 fully saturated rings. The Labute approximate surface area is 198 Å². The lowest BCUT2D eigenvalue weighted by molar-refractivity contribution is -0.159. The first-order chi connectivity index (χ1) is 16.4. The first-order valence-corrected chi connectivity index (χ1v) is 11.6. The predicted molar refractivity (Wildman–Crippen MR) is 125 cm³/mol. The lowest BCUT2D eigenvalue weighted by Gasteiger charge is -2.36. The fourth-order valence-corrected chi connectivity index (χ4v) is 4.70. The molecule has 8 heteroatoms. The van der Waals surface area contributed by atoms with Crippen LogP contribution in [0.5, 0.6) is 0 Å². The summed E-state index contributed by atoms with van der Waals surface area (Å²) in [5.74, 6) is -1.85. The van der Waals surface area contributed by atoms with Gasteiger partial charge < -0.3 is 24.8 Å². The summed E-state index contributed by atoms with van der Waals surface area (Å²) in [5, 5.41) is 12.2. The number of morpholine rings is 1. The van der Waals surface area contributed by atoms with Crippen LogP contribution in [0.1, 0.15) is 37.3 Å². The molecule has 8 nitrogen and oxygen atoms in total. The third-order valence-electron chi connectivity index (χ3n) is 6.79. The van der Waals surface area contributed by atoms with Gasteiger partial charge in [-0.2, -0.15) is 0 Å². The van der Waals surface area contributed by atoms with E-state index in [0.29, 0.717) is 6.42 Å². The average Bonchev–Trinajstić information content (AvgIpc) is 3.18. The summed E-state index contributed by atoms with van der Waals surface area (Å²) < 4.78 is 10.9. The van der Waals surface area contributed by atoms with Crippen molar-refractivity contribution in [1.82, 2.24) is 10.2 Å². The number of nitrogens with one attached hydrogen (secondary N) is 1. The Kier molecular flexibility index (Phi) is 7.17. The van der Waals surface area contributed by atoms with E-state index in [4.69, 9.17) is 9.47 Å². The van der Waals surface area contributed by atoms with E-state index in [1.54, 1.807) is 0 Å². The smallest absolute Gasteiger partial charge is 0.407 e. The second kappa shape index (κ2) is 10.3. The van der Waals surface area contributed by atoms with Crippen molar-refractivity contribution in [3.05, 3.63) is 59.7 Å². The van der Waals surface area contributed by atoms with Crippen molar-refractivity contribution in [2.45, 2.75) is 38.3 Å². The molecule has 1 heterocycles. The Balaban J connectivity index is 1.46. The highest BCUT2D eigenvalue weighted by atomic mass is 16.5. The van der Waals surface area contributed by atoms with E-state index in [-0.39, 0.29) is 38.2 Å². The number of amides is 2. The molecular formula is C26H30N2O6. The largest absolute Gasteiger partial charge is 0.480 e. The zero-order valence-electron chi connectivity index (χ0n) is 19.4. The van der Waals surface area contributed by atoms with Gasteiger partial charge in [-0.15, -0.1) is 0 Å². The van der Waals surface area contributed by atoms with Crippen LogP contribution < -0.4 is 5.32 Å². The Morgan fingerprint density at radius 3 is 2.32 bits per heavy atom. The number of carboxylic acids is 1. The summed E-state index contributed by atoms with van der Waals surface area (Å²) in [7, 11) is 0. The number of ether oxygens (including phenoxy) is 2. The summed E-state index contributed by atoms with van der Waals surface area (Å²) in [5.41, 5.74) is 4.46. The van der Waals surface area contributed by atoms with E-state index in [1.165, 1.54) is 4.90 Å². The lowest BCUT2D eigenvalue weighted by Crippen LogP contribution is -2.59. The second-order valence-corrected chi connectivity index (χ2v) is 8.79. The molecule has 1 unspecified atom stereocenters. The van der Waals surface area contributed by atoms with Crippen molar-refractivity contribution in [3.63, 3.8) is 0 Å². The van der Waals surface area contributed by atoms with E-state index < -0.39 is 30.1 Å². The molecule has 1 aliphatic carbocycles. The molecule has 2 aromatic rings. The van der Waals surface area contributed by atoms with Gasteiger partial charge in [-0.3, -0.25) is 4.79 Å². The molecule has 34 heavy (non-hydrogen) atoms. The minimum absolute atomic E-state index is 0.0702. The van der Waals surface area contributed by atoms with Crippen molar-refractivity contribution in [1.29, 1.82) is 0 Å². The van der Waals surface area contributed by atoms with Crippen molar-refractivity contribution in [3.8, 4) is 11.1 Å². The van der Waals surface area contributed by atoms with Gasteiger partial charge in [-0.25, -0.2) is 9.59 Å². The van der Waals surface area contributed by atoms with Gasteiger partial charge in [0.1, 0.15) is 12.6 Å². The Morgan fingerprint density at radius 1 is 1.12 bits per heavy atom. The standard InChI is InChI=1S/C26H30N2O6/c1-3-16(2)23(24(29)28-12-13-33-15-22(28)25(30)31)27-26(32)34-14-21-19-10-6-4-8-17(19)18-9-5-7-11-20(18)21/h4-11,16,21-23H,3,12-15H2,1-2H3,(H,27,32)(H,30,31)/t16-,22?,23-/m0/s1. The fraction of sp³-hybridized carbons (Fsp3) is 0.423. The fourth-order valence-electron chi connectivity index (χ4n) is 4.70. The van der Waals surface area contributed by atoms with E-state index in [2.05, 4.69) is 17.4 Å². The van der Waals surface area contributed by atoms with Crippen LogP contribution in [0.25, 0.3) is 11.1 Å². The molecule has 0 saturated carbocycles. The maximum atomic E-state index is 13.3. The molecule has 180 valence electrons. The van der Waals surface area contributed by atoms with E-state index in [1.807, 2.05) is 50.2 Å². The van der Waals surface area contributed by atoms with Crippen molar-refractivity contribution >= 4 is 18.0 Å². The third kappa shape index (κ3) is 4.63. The van der Waals surface area contributed by atoms with Gasteiger partial charge >= 0.3 is 12.1 Å². The van der Waals surface area contributed by atoms with Gasteiger partial charge in [0.25, 0.3) is 0 Å². The normalized spacial score (nSPS) is 19.0. The average molecular weight is 467 g/mol. The minimum Gasteiger partial charge on any atom is -0.480 e. The quantitative estimate of drug-likeness (QED) is 0.649. The van der Waals surface area contributed by atoms with Gasteiger partial charge in [0.2, 0.25) is 5.91 Å². The number of rotatable bonds is 7. The van der Waals surface area contributed by atoms with Gasteiger partial charge in [0, 0.05) is 12.5 Å². The molecular weight excluding hydrogens is 436 g/mol. The zero-order chi connectivity index (χ0) is 24.2. The molecule has 3 atom stereocenters. The summed E-state index contributed by atoms with van der Waals surface area (Å²) in [6, 6.07) is 14.2. The minimum atomic E-state index is -1.13. The van der Waals surface area contributed by atoms with Gasteiger partial charge in [-0.1, -0.05) is 68.8 Å². The molecule has 0 spiro atoms. The lowest BCUT2D eigenvalue weighted by atomic mass is 9.97. The maximum absolute atomic E-state index is 13.3. The summed E-state index contributed by atoms with van der Waals surface area (Å²) in [4.78, 5) is 39.0. The molecule has 2 N–H and O–H groups in total. The molecule has 0 radical (unpaired) electrons. The van der Waals surface area contributed by atoms with Gasteiger partial charge in [0.15, 0.2) is 6.04 Å². The molecule has 1 saturated heterocycles. The number of hydrogen-bond acceptors (Lipinski definition) is 5. The number of hydrogen-bond donors (Lipinski definition) is 2. The summed E-state index contributed by atoms with van der Waals surface area (Å²) in [6.07, 6.45) is -0.0667. The first-order valence-electron chi connectivity index (χ1n) is 11.6.